The molecule has 3 rings (SSSR count). The van der Waals surface area contributed by atoms with E-state index in [0.29, 0.717) is 11.5 Å². The Labute approximate surface area is 123 Å². The molecule has 1 unspecified atom stereocenters. The van der Waals surface area contributed by atoms with Gasteiger partial charge in [0.1, 0.15) is 5.82 Å². The van der Waals surface area contributed by atoms with Crippen LogP contribution in [0.2, 0.25) is 5.02 Å². The standard InChI is InChI=1S/C17H17ClFN/c18-16-14(8-3-9-15(16)19)17(20)13-7-2-6-12(10-13)11-4-1-5-11/h2-3,6-11,17H,1,4-5,20H2. The number of halogens is 2. The molecule has 1 atom stereocenters. The van der Waals surface area contributed by atoms with Crippen molar-refractivity contribution in [2.24, 2.45) is 5.73 Å². The molecule has 2 N–H and O–H groups in total. The molecule has 0 spiro atoms. The van der Waals surface area contributed by atoms with E-state index in [1.165, 1.54) is 30.9 Å². The molecule has 0 aromatic heterocycles. The number of hydrogen-bond donors (Lipinski definition) is 1. The van der Waals surface area contributed by atoms with E-state index in [0.717, 1.165) is 5.56 Å². The maximum atomic E-state index is 13.5. The van der Waals surface area contributed by atoms with E-state index in [4.69, 9.17) is 17.3 Å². The lowest BCUT2D eigenvalue weighted by Gasteiger charge is -2.26. The van der Waals surface area contributed by atoms with Gasteiger partial charge < -0.3 is 5.73 Å². The van der Waals surface area contributed by atoms with Gasteiger partial charge in [-0.05, 0) is 41.5 Å². The second-order valence-corrected chi connectivity index (χ2v) is 5.80. The van der Waals surface area contributed by atoms with Crippen molar-refractivity contribution < 1.29 is 4.39 Å². The minimum absolute atomic E-state index is 0.119. The van der Waals surface area contributed by atoms with Crippen LogP contribution in [-0.4, -0.2) is 0 Å². The Kier molecular flexibility index (Phi) is 3.77. The maximum absolute atomic E-state index is 13.5. The highest BCUT2D eigenvalue weighted by Gasteiger charge is 2.21. The normalized spacial score (nSPS) is 16.8. The van der Waals surface area contributed by atoms with Gasteiger partial charge in [-0.25, -0.2) is 4.39 Å². The van der Waals surface area contributed by atoms with Gasteiger partial charge >= 0.3 is 0 Å². The summed E-state index contributed by atoms with van der Waals surface area (Å²) in [5.41, 5.74) is 9.22. The third-order valence-electron chi connectivity index (χ3n) is 4.16. The Morgan fingerprint density at radius 3 is 2.60 bits per heavy atom. The third kappa shape index (κ3) is 2.46. The summed E-state index contributed by atoms with van der Waals surface area (Å²) in [6.07, 6.45) is 3.80. The lowest BCUT2D eigenvalue weighted by atomic mass is 9.79. The summed E-state index contributed by atoms with van der Waals surface area (Å²) in [5.74, 6) is 0.236. The van der Waals surface area contributed by atoms with Crippen molar-refractivity contribution in [2.45, 2.75) is 31.2 Å². The first-order valence-corrected chi connectivity index (χ1v) is 7.34. The van der Waals surface area contributed by atoms with Crippen LogP contribution in [0.15, 0.2) is 42.5 Å². The van der Waals surface area contributed by atoms with Crippen LogP contribution in [0, 0.1) is 5.82 Å². The van der Waals surface area contributed by atoms with Crippen LogP contribution in [0.4, 0.5) is 4.39 Å². The Hall–Kier alpha value is -1.38. The van der Waals surface area contributed by atoms with Gasteiger partial charge in [-0.3, -0.25) is 0 Å². The second-order valence-electron chi connectivity index (χ2n) is 5.42. The van der Waals surface area contributed by atoms with Gasteiger partial charge in [-0.2, -0.15) is 0 Å². The molecule has 1 aliphatic rings. The average molecular weight is 290 g/mol. The zero-order chi connectivity index (χ0) is 14.1. The fourth-order valence-electron chi connectivity index (χ4n) is 2.69. The van der Waals surface area contributed by atoms with E-state index < -0.39 is 11.9 Å². The SMILES string of the molecule is NC(c1cccc(C2CCC2)c1)c1cccc(F)c1Cl. The van der Waals surface area contributed by atoms with Gasteiger partial charge in [-0.15, -0.1) is 0 Å². The third-order valence-corrected chi connectivity index (χ3v) is 4.56. The lowest BCUT2D eigenvalue weighted by molar-refractivity contribution is 0.419. The summed E-state index contributed by atoms with van der Waals surface area (Å²) in [5, 5.41) is 0.119. The van der Waals surface area contributed by atoms with Crippen molar-refractivity contribution >= 4 is 11.6 Å². The number of nitrogens with two attached hydrogens (primary N) is 1. The zero-order valence-electron chi connectivity index (χ0n) is 11.2. The molecule has 0 heterocycles. The highest BCUT2D eigenvalue weighted by atomic mass is 35.5. The minimum atomic E-state index is -0.422. The quantitative estimate of drug-likeness (QED) is 0.863. The Morgan fingerprint density at radius 2 is 1.90 bits per heavy atom. The van der Waals surface area contributed by atoms with Crippen LogP contribution in [0.5, 0.6) is 0 Å². The minimum Gasteiger partial charge on any atom is -0.320 e. The molecule has 0 aliphatic heterocycles. The molecule has 104 valence electrons. The summed E-state index contributed by atoms with van der Waals surface area (Å²) < 4.78 is 13.5. The number of benzene rings is 2. The van der Waals surface area contributed by atoms with Gasteiger partial charge in [0.05, 0.1) is 11.1 Å². The molecule has 20 heavy (non-hydrogen) atoms. The van der Waals surface area contributed by atoms with Crippen LogP contribution in [-0.2, 0) is 0 Å². The van der Waals surface area contributed by atoms with Crippen LogP contribution < -0.4 is 5.73 Å². The molecule has 2 aromatic rings. The van der Waals surface area contributed by atoms with Crippen LogP contribution in [0.1, 0.15) is 47.9 Å². The summed E-state index contributed by atoms with van der Waals surface area (Å²) >= 11 is 6.02. The highest BCUT2D eigenvalue weighted by Crippen LogP contribution is 2.37. The molecule has 0 saturated heterocycles. The summed E-state index contributed by atoms with van der Waals surface area (Å²) in [6.45, 7) is 0. The number of hydrogen-bond acceptors (Lipinski definition) is 1. The molecule has 0 bridgehead atoms. The maximum Gasteiger partial charge on any atom is 0.142 e. The van der Waals surface area contributed by atoms with Gasteiger partial charge in [-0.1, -0.05) is 54.4 Å². The van der Waals surface area contributed by atoms with Crippen molar-refractivity contribution in [3.8, 4) is 0 Å². The molecule has 0 radical (unpaired) electrons. The Balaban J connectivity index is 1.93. The van der Waals surface area contributed by atoms with Crippen LogP contribution >= 0.6 is 11.6 Å². The van der Waals surface area contributed by atoms with Crippen LogP contribution in [0.3, 0.4) is 0 Å². The molecule has 1 saturated carbocycles. The average Bonchev–Trinajstić information content (AvgIpc) is 2.40. The molecule has 1 aliphatic carbocycles. The van der Waals surface area contributed by atoms with Gasteiger partial charge in [0.15, 0.2) is 0 Å². The smallest absolute Gasteiger partial charge is 0.142 e. The summed E-state index contributed by atoms with van der Waals surface area (Å²) in [7, 11) is 0. The summed E-state index contributed by atoms with van der Waals surface area (Å²) in [6, 6.07) is 12.7. The Bertz CT molecular complexity index is 622. The molecule has 3 heteroatoms. The van der Waals surface area contributed by atoms with Gasteiger partial charge in [0, 0.05) is 0 Å². The van der Waals surface area contributed by atoms with Crippen molar-refractivity contribution in [2.75, 3.05) is 0 Å². The van der Waals surface area contributed by atoms with Crippen molar-refractivity contribution in [1.82, 2.24) is 0 Å². The fraction of sp³-hybridized carbons (Fsp3) is 0.294. The second kappa shape index (κ2) is 5.55. The van der Waals surface area contributed by atoms with E-state index in [1.54, 1.807) is 12.1 Å². The molecule has 2 aromatic carbocycles. The van der Waals surface area contributed by atoms with E-state index in [2.05, 4.69) is 12.1 Å². The summed E-state index contributed by atoms with van der Waals surface area (Å²) in [4.78, 5) is 0. The first kappa shape index (κ1) is 13.6. The first-order valence-electron chi connectivity index (χ1n) is 6.96. The first-order chi connectivity index (χ1) is 9.66. The Morgan fingerprint density at radius 1 is 1.15 bits per heavy atom. The predicted molar refractivity (Wildman–Crippen MR) is 80.5 cm³/mol. The van der Waals surface area contributed by atoms with Crippen LogP contribution in [0.25, 0.3) is 0 Å². The van der Waals surface area contributed by atoms with Gasteiger partial charge in [0.2, 0.25) is 0 Å². The highest BCUT2D eigenvalue weighted by molar-refractivity contribution is 6.31. The largest absolute Gasteiger partial charge is 0.320 e. The lowest BCUT2D eigenvalue weighted by Crippen LogP contribution is -2.14. The topological polar surface area (TPSA) is 26.0 Å². The fourth-order valence-corrected chi connectivity index (χ4v) is 2.93. The molecular weight excluding hydrogens is 273 g/mol. The van der Waals surface area contributed by atoms with Crippen molar-refractivity contribution in [3.63, 3.8) is 0 Å². The molecular formula is C17H17ClFN. The van der Waals surface area contributed by atoms with E-state index in [9.17, 15) is 4.39 Å². The number of rotatable bonds is 3. The van der Waals surface area contributed by atoms with Crippen molar-refractivity contribution in [3.05, 3.63) is 70.0 Å². The zero-order valence-corrected chi connectivity index (χ0v) is 11.9. The van der Waals surface area contributed by atoms with E-state index in [1.807, 2.05) is 12.1 Å². The van der Waals surface area contributed by atoms with Gasteiger partial charge in [0.25, 0.3) is 0 Å². The van der Waals surface area contributed by atoms with E-state index >= 15 is 0 Å². The molecule has 1 nitrogen and oxygen atoms in total. The predicted octanol–water partition coefficient (Wildman–Crippen LogP) is 4.79. The van der Waals surface area contributed by atoms with E-state index in [-0.39, 0.29) is 5.02 Å². The molecule has 0 amide bonds. The monoisotopic (exact) mass is 289 g/mol. The molecule has 1 fully saturated rings. The van der Waals surface area contributed by atoms with Crippen molar-refractivity contribution in [1.29, 1.82) is 0 Å².